The Labute approximate surface area is 160 Å². The molecular formula is C18H18ClN3O5. The molecule has 1 aliphatic rings. The average Bonchev–Trinajstić information content (AvgIpc) is 3.30. The summed E-state index contributed by atoms with van der Waals surface area (Å²) in [6, 6.07) is 10.0. The smallest absolute Gasteiger partial charge is 0.276 e. The molecule has 8 nitrogen and oxygen atoms in total. The van der Waals surface area contributed by atoms with Gasteiger partial charge in [-0.3, -0.25) is 25.2 Å². The predicted octanol–water partition coefficient (Wildman–Crippen LogP) is 1.51. The van der Waals surface area contributed by atoms with Crippen molar-refractivity contribution in [1.82, 2.24) is 15.8 Å². The highest BCUT2D eigenvalue weighted by Crippen LogP contribution is 2.20. The van der Waals surface area contributed by atoms with Crippen molar-refractivity contribution in [2.75, 3.05) is 13.2 Å². The highest BCUT2D eigenvalue weighted by molar-refractivity contribution is 6.30. The van der Waals surface area contributed by atoms with Gasteiger partial charge in [0.15, 0.2) is 6.61 Å². The Balaban J connectivity index is 1.40. The number of carbonyl (C=O) groups excluding carboxylic acids is 3. The van der Waals surface area contributed by atoms with Crippen molar-refractivity contribution < 1.29 is 23.5 Å². The first-order valence-corrected chi connectivity index (χ1v) is 8.66. The lowest BCUT2D eigenvalue weighted by molar-refractivity contribution is -0.132. The molecule has 3 rings (SSSR count). The summed E-state index contributed by atoms with van der Waals surface area (Å²) in [7, 11) is 0. The Bertz CT molecular complexity index is 807. The summed E-state index contributed by atoms with van der Waals surface area (Å²) in [4.78, 5) is 37.5. The van der Waals surface area contributed by atoms with E-state index in [0.29, 0.717) is 23.1 Å². The Morgan fingerprint density at radius 3 is 2.70 bits per heavy atom. The van der Waals surface area contributed by atoms with Crippen LogP contribution in [-0.4, -0.2) is 35.8 Å². The van der Waals surface area contributed by atoms with Gasteiger partial charge in [-0.15, -0.1) is 0 Å². The number of rotatable bonds is 6. The predicted molar refractivity (Wildman–Crippen MR) is 95.5 cm³/mol. The molecular weight excluding hydrogens is 374 g/mol. The molecule has 1 saturated heterocycles. The van der Waals surface area contributed by atoms with Crippen molar-refractivity contribution in [2.24, 2.45) is 5.92 Å². The van der Waals surface area contributed by atoms with Crippen LogP contribution in [0, 0.1) is 5.92 Å². The maximum absolute atomic E-state index is 12.2. The molecule has 1 aromatic carbocycles. The number of hydrogen-bond donors (Lipinski definition) is 2. The van der Waals surface area contributed by atoms with Gasteiger partial charge in [0.25, 0.3) is 5.91 Å². The molecule has 1 fully saturated rings. The number of nitrogens with zero attached hydrogens (tertiary/aromatic N) is 1. The zero-order chi connectivity index (χ0) is 19.2. The van der Waals surface area contributed by atoms with Crippen LogP contribution in [-0.2, 0) is 20.9 Å². The molecule has 1 atom stereocenters. The van der Waals surface area contributed by atoms with Gasteiger partial charge in [-0.1, -0.05) is 11.6 Å². The second kappa shape index (κ2) is 8.59. The summed E-state index contributed by atoms with van der Waals surface area (Å²) in [5.41, 5.74) is 4.61. The van der Waals surface area contributed by atoms with E-state index in [4.69, 9.17) is 20.8 Å². The van der Waals surface area contributed by atoms with Crippen LogP contribution in [0.1, 0.15) is 12.2 Å². The maximum Gasteiger partial charge on any atom is 0.276 e. The normalized spacial score (nSPS) is 16.3. The third kappa shape index (κ3) is 5.24. The van der Waals surface area contributed by atoms with Gasteiger partial charge in [0.2, 0.25) is 11.8 Å². The van der Waals surface area contributed by atoms with E-state index in [0.717, 1.165) is 0 Å². The number of benzene rings is 1. The van der Waals surface area contributed by atoms with E-state index in [1.807, 2.05) is 0 Å². The number of hydrogen-bond acceptors (Lipinski definition) is 5. The third-order valence-electron chi connectivity index (χ3n) is 4.02. The Kier molecular flexibility index (Phi) is 5.97. The van der Waals surface area contributed by atoms with Crippen molar-refractivity contribution in [1.29, 1.82) is 0 Å². The number of hydrazine groups is 1. The number of furan rings is 1. The molecule has 2 aromatic rings. The minimum atomic E-state index is -0.537. The fourth-order valence-corrected chi connectivity index (χ4v) is 2.77. The Morgan fingerprint density at radius 1 is 1.22 bits per heavy atom. The van der Waals surface area contributed by atoms with Gasteiger partial charge in [0.05, 0.1) is 18.7 Å². The van der Waals surface area contributed by atoms with Crippen LogP contribution in [0.15, 0.2) is 47.1 Å². The molecule has 0 spiro atoms. The van der Waals surface area contributed by atoms with Gasteiger partial charge < -0.3 is 14.1 Å². The third-order valence-corrected chi connectivity index (χ3v) is 4.27. The average molecular weight is 392 g/mol. The Hall–Kier alpha value is -3.00. The maximum atomic E-state index is 12.2. The number of likely N-dealkylation sites (tertiary alicyclic amines) is 1. The molecule has 2 N–H and O–H groups in total. The van der Waals surface area contributed by atoms with Crippen LogP contribution in [0.2, 0.25) is 5.02 Å². The quantitative estimate of drug-likeness (QED) is 0.727. The largest absolute Gasteiger partial charge is 0.484 e. The van der Waals surface area contributed by atoms with Crippen molar-refractivity contribution >= 4 is 29.3 Å². The van der Waals surface area contributed by atoms with Crippen LogP contribution in [0.25, 0.3) is 0 Å². The summed E-state index contributed by atoms with van der Waals surface area (Å²) in [6.45, 7) is 0.315. The molecule has 142 valence electrons. The molecule has 3 amide bonds. The molecule has 9 heteroatoms. The molecule has 0 radical (unpaired) electrons. The van der Waals surface area contributed by atoms with E-state index in [1.54, 1.807) is 41.3 Å². The highest BCUT2D eigenvalue weighted by atomic mass is 35.5. The first-order chi connectivity index (χ1) is 13.0. The molecule has 0 saturated carbocycles. The summed E-state index contributed by atoms with van der Waals surface area (Å²) < 4.78 is 10.5. The van der Waals surface area contributed by atoms with Gasteiger partial charge >= 0.3 is 0 Å². The topological polar surface area (TPSA) is 101 Å². The minimum Gasteiger partial charge on any atom is -0.484 e. The van der Waals surface area contributed by atoms with Gasteiger partial charge in [-0.2, -0.15) is 0 Å². The number of nitrogens with one attached hydrogen (secondary N) is 2. The molecule has 27 heavy (non-hydrogen) atoms. The van der Waals surface area contributed by atoms with E-state index in [-0.39, 0.29) is 25.5 Å². The number of ether oxygens (including phenoxy) is 1. The zero-order valence-corrected chi connectivity index (χ0v) is 15.1. The van der Waals surface area contributed by atoms with Crippen LogP contribution in [0.4, 0.5) is 0 Å². The van der Waals surface area contributed by atoms with Crippen molar-refractivity contribution in [3.63, 3.8) is 0 Å². The molecule has 1 aromatic heterocycles. The van der Waals surface area contributed by atoms with Crippen molar-refractivity contribution in [2.45, 2.75) is 13.0 Å². The Morgan fingerprint density at radius 2 is 2.00 bits per heavy atom. The lowest BCUT2D eigenvalue weighted by Crippen LogP contribution is -2.46. The molecule has 1 unspecified atom stereocenters. The van der Waals surface area contributed by atoms with Crippen LogP contribution in [0.3, 0.4) is 0 Å². The first-order valence-electron chi connectivity index (χ1n) is 8.28. The second-order valence-electron chi connectivity index (χ2n) is 6.03. The van der Waals surface area contributed by atoms with Gasteiger partial charge in [-0.25, -0.2) is 0 Å². The van der Waals surface area contributed by atoms with Gasteiger partial charge in [0.1, 0.15) is 11.5 Å². The fraction of sp³-hybridized carbons (Fsp3) is 0.278. The molecule has 0 aliphatic carbocycles. The summed E-state index contributed by atoms with van der Waals surface area (Å²) in [6.07, 6.45) is 1.62. The standard InChI is InChI=1S/C18H18ClN3O5/c19-13-3-5-14(6-4-13)27-11-16(23)20-21-18(25)12-8-17(24)22(9-12)10-15-2-1-7-26-15/h1-7,12H,8-11H2,(H,20,23)(H,21,25). The fourth-order valence-electron chi connectivity index (χ4n) is 2.64. The van der Waals surface area contributed by atoms with E-state index in [1.165, 1.54) is 6.26 Å². The SMILES string of the molecule is O=C(COc1ccc(Cl)cc1)NNC(=O)C1CC(=O)N(Cc2ccco2)C1. The minimum absolute atomic E-state index is 0.0870. The van der Waals surface area contributed by atoms with Crippen LogP contribution < -0.4 is 15.6 Å². The van der Waals surface area contributed by atoms with E-state index in [9.17, 15) is 14.4 Å². The van der Waals surface area contributed by atoms with E-state index >= 15 is 0 Å². The first kappa shape index (κ1) is 18.8. The molecule has 2 heterocycles. The van der Waals surface area contributed by atoms with Crippen LogP contribution >= 0.6 is 11.6 Å². The number of amides is 3. The number of carbonyl (C=O) groups is 3. The zero-order valence-electron chi connectivity index (χ0n) is 14.3. The monoisotopic (exact) mass is 391 g/mol. The second-order valence-corrected chi connectivity index (χ2v) is 6.47. The summed E-state index contributed by atoms with van der Waals surface area (Å²) in [5, 5.41) is 0.561. The van der Waals surface area contributed by atoms with Crippen LogP contribution in [0.5, 0.6) is 5.75 Å². The van der Waals surface area contributed by atoms with Gasteiger partial charge in [-0.05, 0) is 36.4 Å². The van der Waals surface area contributed by atoms with Crippen molar-refractivity contribution in [3.05, 3.63) is 53.4 Å². The molecule has 1 aliphatic heterocycles. The summed E-state index contributed by atoms with van der Waals surface area (Å²) >= 11 is 5.77. The van der Waals surface area contributed by atoms with Crippen molar-refractivity contribution in [3.8, 4) is 5.75 Å². The molecule has 0 bridgehead atoms. The van der Waals surface area contributed by atoms with Gasteiger partial charge in [0, 0.05) is 18.0 Å². The lowest BCUT2D eigenvalue weighted by atomic mass is 10.1. The van der Waals surface area contributed by atoms with E-state index in [2.05, 4.69) is 10.9 Å². The summed E-state index contributed by atoms with van der Waals surface area (Å²) in [5.74, 6) is -0.484. The number of halogens is 1. The highest BCUT2D eigenvalue weighted by Gasteiger charge is 2.34. The van der Waals surface area contributed by atoms with E-state index < -0.39 is 17.7 Å². The lowest BCUT2D eigenvalue weighted by Gasteiger charge is -2.15.